The number of nitrogens with two attached hydrogens (primary N) is 1. The molecule has 0 fully saturated rings. The molecule has 0 heterocycles. The van der Waals surface area contributed by atoms with E-state index >= 15 is 0 Å². The van der Waals surface area contributed by atoms with Crippen LogP contribution < -0.4 is 5.73 Å². The minimum absolute atomic E-state index is 0.0464. The fourth-order valence-corrected chi connectivity index (χ4v) is 0.459. The van der Waals surface area contributed by atoms with Crippen molar-refractivity contribution < 1.29 is 14.7 Å². The third-order valence-electron chi connectivity index (χ3n) is 1.08. The minimum Gasteiger partial charge on any atom is -0.481 e. The van der Waals surface area contributed by atoms with Gasteiger partial charge in [0, 0.05) is 6.42 Å². The summed E-state index contributed by atoms with van der Waals surface area (Å²) in [6.45, 7) is 1.48. The molecule has 1 unspecified atom stereocenters. The largest absolute Gasteiger partial charge is 0.481 e. The van der Waals surface area contributed by atoms with Crippen molar-refractivity contribution in [1.29, 1.82) is 0 Å². The van der Waals surface area contributed by atoms with E-state index in [0.29, 0.717) is 0 Å². The standard InChI is InChI=1S/C6H9NO3/c1-4(6(9)10)2-5(7)3-8/h4H,2,7H2,1H3,(H,9,10). The summed E-state index contributed by atoms with van der Waals surface area (Å²) in [7, 11) is 0. The molecule has 0 aliphatic rings. The van der Waals surface area contributed by atoms with Crippen LogP contribution in [0.1, 0.15) is 13.3 Å². The van der Waals surface area contributed by atoms with Crippen molar-refractivity contribution in [3.63, 3.8) is 0 Å². The molecule has 0 spiro atoms. The highest BCUT2D eigenvalue weighted by molar-refractivity contribution is 5.70. The molecular weight excluding hydrogens is 134 g/mol. The van der Waals surface area contributed by atoms with Crippen molar-refractivity contribution in [3.05, 3.63) is 5.70 Å². The maximum atomic E-state index is 10.2. The summed E-state index contributed by atoms with van der Waals surface area (Å²) in [6, 6.07) is 0. The summed E-state index contributed by atoms with van der Waals surface area (Å²) in [5, 5.41) is 8.33. The zero-order valence-corrected chi connectivity index (χ0v) is 5.63. The number of carboxylic acids is 1. The molecule has 10 heavy (non-hydrogen) atoms. The number of aliphatic carboxylic acids is 1. The number of hydrogen-bond acceptors (Lipinski definition) is 3. The van der Waals surface area contributed by atoms with Gasteiger partial charge in [0.15, 0.2) is 0 Å². The van der Waals surface area contributed by atoms with Crippen LogP contribution in [0.5, 0.6) is 0 Å². The summed E-state index contributed by atoms with van der Waals surface area (Å²) in [5.74, 6) is -0.138. The average Bonchev–Trinajstić information content (AvgIpc) is 1.87. The van der Waals surface area contributed by atoms with Crippen LogP contribution in [0.25, 0.3) is 0 Å². The lowest BCUT2D eigenvalue weighted by molar-refractivity contribution is -0.141. The number of carbonyl (C=O) groups is 1. The van der Waals surface area contributed by atoms with Crippen LogP contribution in [0.3, 0.4) is 0 Å². The van der Waals surface area contributed by atoms with Crippen LogP contribution >= 0.6 is 0 Å². The molecule has 0 radical (unpaired) electrons. The summed E-state index contributed by atoms with van der Waals surface area (Å²) in [6.07, 6.45) is 0.0683. The Morgan fingerprint density at radius 3 is 2.60 bits per heavy atom. The van der Waals surface area contributed by atoms with Gasteiger partial charge in [0.1, 0.15) is 5.94 Å². The maximum absolute atomic E-state index is 10.2. The van der Waals surface area contributed by atoms with E-state index in [2.05, 4.69) is 0 Å². The number of hydrogen-bond donors (Lipinski definition) is 2. The summed E-state index contributed by atoms with van der Waals surface area (Å²) >= 11 is 0. The number of allylic oxidation sites excluding steroid dienone is 1. The predicted octanol–water partition coefficient (Wildman–Crippen LogP) is -0.229. The zero-order chi connectivity index (χ0) is 8.15. The number of carboxylic acid groups (broad SMARTS) is 1. The van der Waals surface area contributed by atoms with E-state index in [0.717, 1.165) is 0 Å². The fraction of sp³-hybridized carbons (Fsp3) is 0.500. The molecule has 0 saturated heterocycles. The van der Waals surface area contributed by atoms with Gasteiger partial charge < -0.3 is 10.8 Å². The zero-order valence-electron chi connectivity index (χ0n) is 5.63. The first-order valence-corrected chi connectivity index (χ1v) is 2.80. The van der Waals surface area contributed by atoms with Crippen LogP contribution in [0.2, 0.25) is 0 Å². The molecule has 0 aromatic rings. The minimum atomic E-state index is -0.960. The van der Waals surface area contributed by atoms with Gasteiger partial charge >= 0.3 is 5.97 Å². The molecule has 0 rings (SSSR count). The Bertz CT molecular complexity index is 181. The van der Waals surface area contributed by atoms with Crippen LogP contribution in [0.4, 0.5) is 0 Å². The van der Waals surface area contributed by atoms with Gasteiger partial charge in [0.25, 0.3) is 0 Å². The first-order valence-electron chi connectivity index (χ1n) is 2.80. The lowest BCUT2D eigenvalue weighted by Gasteiger charge is -2.01. The molecule has 0 bridgehead atoms. The third-order valence-corrected chi connectivity index (χ3v) is 1.08. The van der Waals surface area contributed by atoms with Crippen molar-refractivity contribution >= 4 is 11.9 Å². The van der Waals surface area contributed by atoms with E-state index in [1.807, 2.05) is 0 Å². The Kier molecular flexibility index (Phi) is 3.22. The van der Waals surface area contributed by atoms with E-state index in [9.17, 15) is 9.59 Å². The van der Waals surface area contributed by atoms with Crippen molar-refractivity contribution in [1.82, 2.24) is 0 Å². The molecule has 0 aliphatic carbocycles. The molecule has 0 amide bonds. The molecule has 4 nitrogen and oxygen atoms in total. The first-order chi connectivity index (χ1) is 4.57. The quantitative estimate of drug-likeness (QED) is 0.535. The Labute approximate surface area is 58.3 Å². The molecule has 4 heteroatoms. The lowest BCUT2D eigenvalue weighted by atomic mass is 10.1. The highest BCUT2D eigenvalue weighted by Gasteiger charge is 2.11. The van der Waals surface area contributed by atoms with Crippen molar-refractivity contribution in [2.75, 3.05) is 0 Å². The SMILES string of the molecule is CC(CC(N)=C=O)C(=O)O. The van der Waals surface area contributed by atoms with E-state index in [4.69, 9.17) is 10.8 Å². The Balaban J connectivity index is 3.91. The van der Waals surface area contributed by atoms with Crippen molar-refractivity contribution in [3.8, 4) is 0 Å². The van der Waals surface area contributed by atoms with Crippen molar-refractivity contribution in [2.24, 2.45) is 11.7 Å². The summed E-state index contributed by atoms with van der Waals surface area (Å²) < 4.78 is 0. The first kappa shape index (κ1) is 8.72. The molecule has 0 aliphatic heterocycles. The average molecular weight is 143 g/mol. The van der Waals surface area contributed by atoms with Crippen LogP contribution in [0.15, 0.2) is 5.70 Å². The number of carbonyl (C=O) groups excluding carboxylic acids is 1. The normalized spacial score (nSPS) is 11.7. The molecule has 3 N–H and O–H groups in total. The highest BCUT2D eigenvalue weighted by atomic mass is 16.4. The Hall–Kier alpha value is -1.28. The molecule has 1 atom stereocenters. The monoisotopic (exact) mass is 143 g/mol. The van der Waals surface area contributed by atoms with Gasteiger partial charge in [-0.1, -0.05) is 6.92 Å². The van der Waals surface area contributed by atoms with Gasteiger partial charge in [-0.15, -0.1) is 0 Å². The van der Waals surface area contributed by atoms with Crippen LogP contribution in [-0.2, 0) is 9.59 Å². The third kappa shape index (κ3) is 2.89. The predicted molar refractivity (Wildman–Crippen MR) is 34.8 cm³/mol. The van der Waals surface area contributed by atoms with E-state index in [-0.39, 0.29) is 12.1 Å². The highest BCUT2D eigenvalue weighted by Crippen LogP contribution is 2.03. The van der Waals surface area contributed by atoms with Gasteiger partial charge in [-0.3, -0.25) is 4.79 Å². The van der Waals surface area contributed by atoms with E-state index in [1.165, 1.54) is 12.9 Å². The maximum Gasteiger partial charge on any atom is 0.306 e. The molecule has 56 valence electrons. The van der Waals surface area contributed by atoms with Gasteiger partial charge in [-0.25, -0.2) is 4.79 Å². The lowest BCUT2D eigenvalue weighted by Crippen LogP contribution is -2.13. The summed E-state index contributed by atoms with van der Waals surface area (Å²) in [5.41, 5.74) is 5.00. The Morgan fingerprint density at radius 2 is 2.30 bits per heavy atom. The van der Waals surface area contributed by atoms with Gasteiger partial charge in [-0.2, -0.15) is 0 Å². The van der Waals surface area contributed by atoms with Crippen LogP contribution in [-0.4, -0.2) is 17.0 Å². The smallest absolute Gasteiger partial charge is 0.306 e. The van der Waals surface area contributed by atoms with Gasteiger partial charge in [0.05, 0.1) is 11.6 Å². The van der Waals surface area contributed by atoms with Gasteiger partial charge in [-0.05, 0) is 0 Å². The number of rotatable bonds is 3. The second kappa shape index (κ2) is 3.69. The van der Waals surface area contributed by atoms with Crippen LogP contribution in [0, 0.1) is 5.92 Å². The van der Waals surface area contributed by atoms with E-state index < -0.39 is 11.9 Å². The molecule has 0 saturated carbocycles. The second-order valence-electron chi connectivity index (χ2n) is 2.07. The van der Waals surface area contributed by atoms with Gasteiger partial charge in [0.2, 0.25) is 0 Å². The van der Waals surface area contributed by atoms with E-state index in [1.54, 1.807) is 0 Å². The topological polar surface area (TPSA) is 80.4 Å². The molecular formula is C6H9NO3. The Morgan fingerprint density at radius 1 is 1.80 bits per heavy atom. The molecule has 0 aromatic carbocycles. The fourth-order valence-electron chi connectivity index (χ4n) is 0.459. The molecule has 0 aromatic heterocycles. The van der Waals surface area contributed by atoms with Crippen molar-refractivity contribution in [2.45, 2.75) is 13.3 Å². The summed E-state index contributed by atoms with van der Waals surface area (Å²) in [4.78, 5) is 19.9. The second-order valence-corrected chi connectivity index (χ2v) is 2.07.